The van der Waals surface area contributed by atoms with E-state index in [2.05, 4.69) is 23.3 Å². The number of hydrogen-bond acceptors (Lipinski definition) is 6. The van der Waals surface area contributed by atoms with Crippen molar-refractivity contribution in [2.24, 2.45) is 5.73 Å². The monoisotopic (exact) mass is 307 g/mol. The summed E-state index contributed by atoms with van der Waals surface area (Å²) >= 11 is 3.87. The molecule has 0 spiro atoms. The number of amides is 2. The van der Waals surface area contributed by atoms with Gasteiger partial charge in [0.1, 0.15) is 12.6 Å². The third-order valence-electron chi connectivity index (χ3n) is 2.24. The van der Waals surface area contributed by atoms with Gasteiger partial charge < -0.3 is 26.6 Å². The van der Waals surface area contributed by atoms with Crippen LogP contribution in [0.1, 0.15) is 12.8 Å². The summed E-state index contributed by atoms with van der Waals surface area (Å²) in [6.45, 7) is -0.579. The van der Waals surface area contributed by atoms with E-state index in [9.17, 15) is 19.2 Å². The van der Waals surface area contributed by atoms with E-state index < -0.39 is 42.4 Å². The van der Waals surface area contributed by atoms with Crippen molar-refractivity contribution in [1.29, 1.82) is 0 Å². The van der Waals surface area contributed by atoms with Crippen LogP contribution in [0.4, 0.5) is 0 Å². The van der Waals surface area contributed by atoms with E-state index in [4.69, 9.17) is 15.9 Å². The molecule has 0 aromatic heterocycles. The van der Waals surface area contributed by atoms with Crippen molar-refractivity contribution in [2.45, 2.75) is 24.9 Å². The Kier molecular flexibility index (Phi) is 8.32. The third kappa shape index (κ3) is 7.59. The van der Waals surface area contributed by atoms with Crippen LogP contribution in [-0.2, 0) is 19.2 Å². The summed E-state index contributed by atoms with van der Waals surface area (Å²) in [4.78, 5) is 43.8. The standard InChI is InChI=1S/C10H17N3O6S/c11-5(1-2-7(14)15)9(18)13-6(4-20)10(19)12-3-8(16)17/h5-6,20H,1-4,11H2,(H,12,19)(H,13,18)(H,14,15)(H,16,17)/t5-,6-/m0/s1. The van der Waals surface area contributed by atoms with E-state index in [1.165, 1.54) is 0 Å². The molecule has 0 aromatic carbocycles. The van der Waals surface area contributed by atoms with Crippen LogP contribution in [0.5, 0.6) is 0 Å². The van der Waals surface area contributed by atoms with Gasteiger partial charge in [0.15, 0.2) is 0 Å². The maximum Gasteiger partial charge on any atom is 0.322 e. The van der Waals surface area contributed by atoms with Gasteiger partial charge in [0, 0.05) is 12.2 Å². The smallest absolute Gasteiger partial charge is 0.322 e. The Hall–Kier alpha value is -1.81. The van der Waals surface area contributed by atoms with Crippen LogP contribution in [0, 0.1) is 0 Å². The molecule has 0 rings (SSSR count). The molecule has 0 aliphatic carbocycles. The number of rotatable bonds is 9. The summed E-state index contributed by atoms with van der Waals surface area (Å²) in [7, 11) is 0. The molecule has 114 valence electrons. The number of carboxylic acids is 2. The number of thiol groups is 1. The Bertz CT molecular complexity index is 389. The molecule has 2 atom stereocenters. The lowest BCUT2D eigenvalue weighted by Gasteiger charge is -2.18. The molecule has 0 fully saturated rings. The molecule has 0 heterocycles. The highest BCUT2D eigenvalue weighted by molar-refractivity contribution is 7.80. The Labute approximate surface area is 120 Å². The predicted octanol–water partition coefficient (Wildman–Crippen LogP) is -2.21. The zero-order valence-electron chi connectivity index (χ0n) is 10.5. The highest BCUT2D eigenvalue weighted by Gasteiger charge is 2.23. The van der Waals surface area contributed by atoms with Gasteiger partial charge in [-0.25, -0.2) is 0 Å². The minimum absolute atomic E-state index is 0.0527. The largest absolute Gasteiger partial charge is 0.481 e. The number of nitrogens with two attached hydrogens (primary N) is 1. The maximum atomic E-state index is 11.6. The molecule has 2 amide bonds. The second-order valence-electron chi connectivity index (χ2n) is 3.89. The summed E-state index contributed by atoms with van der Waals surface area (Å²) in [6, 6.07) is -2.11. The number of nitrogens with one attached hydrogen (secondary N) is 2. The van der Waals surface area contributed by atoms with Gasteiger partial charge in [-0.1, -0.05) is 0 Å². The Morgan fingerprint density at radius 3 is 2.15 bits per heavy atom. The molecule has 0 saturated heterocycles. The molecule has 10 heteroatoms. The minimum atomic E-state index is -1.22. The van der Waals surface area contributed by atoms with E-state index in [-0.39, 0.29) is 18.6 Å². The number of aliphatic carboxylic acids is 2. The summed E-state index contributed by atoms with van der Waals surface area (Å²) < 4.78 is 0. The van der Waals surface area contributed by atoms with Gasteiger partial charge in [0.2, 0.25) is 11.8 Å². The number of carboxylic acid groups (broad SMARTS) is 2. The van der Waals surface area contributed by atoms with Gasteiger partial charge in [-0.15, -0.1) is 0 Å². The van der Waals surface area contributed by atoms with Crippen molar-refractivity contribution in [1.82, 2.24) is 10.6 Å². The first-order chi connectivity index (χ1) is 9.27. The van der Waals surface area contributed by atoms with E-state index in [1.54, 1.807) is 0 Å². The number of carbonyl (C=O) groups excluding carboxylic acids is 2. The van der Waals surface area contributed by atoms with Crippen LogP contribution in [0.3, 0.4) is 0 Å². The molecule has 9 nitrogen and oxygen atoms in total. The van der Waals surface area contributed by atoms with E-state index in [0.717, 1.165) is 0 Å². The van der Waals surface area contributed by atoms with E-state index in [0.29, 0.717) is 0 Å². The second kappa shape index (κ2) is 9.15. The van der Waals surface area contributed by atoms with Crippen LogP contribution >= 0.6 is 12.6 Å². The molecule has 0 aromatic rings. The topological polar surface area (TPSA) is 159 Å². The normalized spacial score (nSPS) is 13.1. The molecule has 0 saturated carbocycles. The lowest BCUT2D eigenvalue weighted by molar-refractivity contribution is -0.138. The molecular formula is C10H17N3O6S. The molecule has 6 N–H and O–H groups in total. The first-order valence-electron chi connectivity index (χ1n) is 5.66. The summed E-state index contributed by atoms with van der Waals surface area (Å²) in [6.07, 6.45) is -0.345. The summed E-state index contributed by atoms with van der Waals surface area (Å²) in [5, 5.41) is 21.2. The fraction of sp³-hybridized carbons (Fsp3) is 0.600. The minimum Gasteiger partial charge on any atom is -0.481 e. The predicted molar refractivity (Wildman–Crippen MR) is 71.3 cm³/mol. The number of carbonyl (C=O) groups is 4. The quantitative estimate of drug-likeness (QED) is 0.263. The third-order valence-corrected chi connectivity index (χ3v) is 2.60. The van der Waals surface area contributed by atoms with E-state index >= 15 is 0 Å². The van der Waals surface area contributed by atoms with Gasteiger partial charge in [-0.05, 0) is 6.42 Å². The van der Waals surface area contributed by atoms with Gasteiger partial charge in [-0.3, -0.25) is 19.2 Å². The Morgan fingerprint density at radius 2 is 1.70 bits per heavy atom. The van der Waals surface area contributed by atoms with Crippen LogP contribution in [0.2, 0.25) is 0 Å². The van der Waals surface area contributed by atoms with Crippen molar-refractivity contribution in [2.75, 3.05) is 12.3 Å². The Balaban J connectivity index is 4.33. The highest BCUT2D eigenvalue weighted by Crippen LogP contribution is 1.97. The van der Waals surface area contributed by atoms with Crippen molar-refractivity contribution in [3.05, 3.63) is 0 Å². The van der Waals surface area contributed by atoms with Gasteiger partial charge >= 0.3 is 11.9 Å². The molecule has 0 unspecified atom stereocenters. The molecule has 0 aliphatic rings. The first kappa shape index (κ1) is 18.2. The van der Waals surface area contributed by atoms with Crippen LogP contribution < -0.4 is 16.4 Å². The number of hydrogen-bond donors (Lipinski definition) is 6. The maximum absolute atomic E-state index is 11.6. The average Bonchev–Trinajstić information content (AvgIpc) is 2.38. The van der Waals surface area contributed by atoms with Crippen LogP contribution in [-0.4, -0.2) is 58.3 Å². The van der Waals surface area contributed by atoms with Gasteiger partial charge in [0.05, 0.1) is 6.04 Å². The fourth-order valence-corrected chi connectivity index (χ4v) is 1.43. The summed E-state index contributed by atoms with van der Waals surface area (Å²) in [5.74, 6) is -3.76. The molecular weight excluding hydrogens is 290 g/mol. The molecule has 0 aliphatic heterocycles. The zero-order chi connectivity index (χ0) is 15.7. The van der Waals surface area contributed by atoms with Crippen LogP contribution in [0.15, 0.2) is 0 Å². The SMILES string of the molecule is N[C@@H](CCC(=O)O)C(=O)N[C@@H](CS)C(=O)NCC(=O)O. The van der Waals surface area contributed by atoms with Crippen molar-refractivity contribution in [3.8, 4) is 0 Å². The summed E-state index contributed by atoms with van der Waals surface area (Å²) in [5.41, 5.74) is 5.46. The molecule has 0 bridgehead atoms. The van der Waals surface area contributed by atoms with Crippen LogP contribution in [0.25, 0.3) is 0 Å². The fourth-order valence-electron chi connectivity index (χ4n) is 1.17. The zero-order valence-corrected chi connectivity index (χ0v) is 11.4. The van der Waals surface area contributed by atoms with Crippen molar-refractivity contribution < 1.29 is 29.4 Å². The average molecular weight is 307 g/mol. The highest BCUT2D eigenvalue weighted by atomic mass is 32.1. The van der Waals surface area contributed by atoms with Crippen molar-refractivity contribution >= 4 is 36.4 Å². The second-order valence-corrected chi connectivity index (χ2v) is 4.26. The van der Waals surface area contributed by atoms with Gasteiger partial charge in [-0.2, -0.15) is 12.6 Å². The first-order valence-corrected chi connectivity index (χ1v) is 6.29. The Morgan fingerprint density at radius 1 is 1.10 bits per heavy atom. The molecule has 0 radical (unpaired) electrons. The van der Waals surface area contributed by atoms with Crippen molar-refractivity contribution in [3.63, 3.8) is 0 Å². The lowest BCUT2D eigenvalue weighted by atomic mass is 10.1. The van der Waals surface area contributed by atoms with Gasteiger partial charge in [0.25, 0.3) is 0 Å². The lowest BCUT2D eigenvalue weighted by Crippen LogP contribution is -2.53. The molecule has 20 heavy (non-hydrogen) atoms. The van der Waals surface area contributed by atoms with E-state index in [1.807, 2.05) is 0 Å².